The molecule has 1 amide bonds. The second-order valence-corrected chi connectivity index (χ2v) is 7.86. The molecule has 1 aliphatic rings. The van der Waals surface area contributed by atoms with Crippen molar-refractivity contribution in [2.45, 2.75) is 72.3 Å². The number of carbonyl (C=O) groups is 1. The van der Waals surface area contributed by atoms with E-state index >= 15 is 0 Å². The van der Waals surface area contributed by atoms with Crippen molar-refractivity contribution in [3.63, 3.8) is 0 Å². The van der Waals surface area contributed by atoms with Crippen LogP contribution in [-0.4, -0.2) is 42.2 Å². The largest absolute Gasteiger partial charge is 0.444 e. The SMILES string of the molecule is CO[C@@H]1C(C)C=C(C(C)C)[C@@H](O)[C@@H](NC(=O)OC(C)(C)C)C1C. The molecule has 5 heteroatoms. The van der Waals surface area contributed by atoms with Gasteiger partial charge in [0.25, 0.3) is 0 Å². The van der Waals surface area contributed by atoms with Crippen molar-refractivity contribution in [2.75, 3.05) is 7.11 Å². The van der Waals surface area contributed by atoms with Crippen molar-refractivity contribution in [1.82, 2.24) is 5.32 Å². The summed E-state index contributed by atoms with van der Waals surface area (Å²) < 4.78 is 11.0. The van der Waals surface area contributed by atoms with Crippen molar-refractivity contribution >= 4 is 6.09 Å². The third-order valence-electron chi connectivity index (χ3n) is 4.36. The lowest BCUT2D eigenvalue weighted by molar-refractivity contribution is -0.00268. The molecule has 2 N–H and O–H groups in total. The van der Waals surface area contributed by atoms with Crippen LogP contribution in [0.5, 0.6) is 0 Å². The maximum Gasteiger partial charge on any atom is 0.407 e. The lowest BCUT2D eigenvalue weighted by atomic mass is 9.87. The van der Waals surface area contributed by atoms with Gasteiger partial charge in [0.15, 0.2) is 0 Å². The molecule has 0 bridgehead atoms. The zero-order valence-corrected chi connectivity index (χ0v) is 15.7. The van der Waals surface area contributed by atoms with Crippen molar-refractivity contribution < 1.29 is 19.4 Å². The number of rotatable bonds is 3. The molecule has 0 aromatic heterocycles. The van der Waals surface area contributed by atoms with E-state index in [1.165, 1.54) is 0 Å². The number of aliphatic hydroxyl groups excluding tert-OH is 1. The van der Waals surface area contributed by atoms with Crippen LogP contribution >= 0.6 is 0 Å². The van der Waals surface area contributed by atoms with Crippen LogP contribution in [0.2, 0.25) is 0 Å². The fourth-order valence-electron chi connectivity index (χ4n) is 3.29. The van der Waals surface area contributed by atoms with Gasteiger partial charge < -0.3 is 19.9 Å². The summed E-state index contributed by atoms with van der Waals surface area (Å²) in [6.45, 7) is 13.6. The molecule has 0 radical (unpaired) electrons. The number of hydrogen-bond acceptors (Lipinski definition) is 4. The van der Waals surface area contributed by atoms with Gasteiger partial charge in [0.05, 0.1) is 18.2 Å². The van der Waals surface area contributed by atoms with Crippen LogP contribution in [0.15, 0.2) is 11.6 Å². The number of methoxy groups -OCH3 is 1. The van der Waals surface area contributed by atoms with E-state index in [9.17, 15) is 9.90 Å². The third kappa shape index (κ3) is 5.21. The second-order valence-electron chi connectivity index (χ2n) is 7.86. The number of nitrogens with one attached hydrogen (secondary N) is 1. The van der Waals surface area contributed by atoms with Gasteiger partial charge in [0.2, 0.25) is 0 Å². The number of alkyl carbamates (subject to hydrolysis) is 1. The van der Waals surface area contributed by atoms with Crippen molar-refractivity contribution in [1.29, 1.82) is 0 Å². The summed E-state index contributed by atoms with van der Waals surface area (Å²) in [5.41, 5.74) is 0.359. The first kappa shape index (κ1) is 20.0. The molecule has 5 nitrogen and oxygen atoms in total. The highest BCUT2D eigenvalue weighted by molar-refractivity contribution is 5.68. The smallest absolute Gasteiger partial charge is 0.407 e. The molecular formula is C18H33NO4. The van der Waals surface area contributed by atoms with Crippen LogP contribution in [0.25, 0.3) is 0 Å². The van der Waals surface area contributed by atoms with Crippen LogP contribution in [0.4, 0.5) is 4.79 Å². The summed E-state index contributed by atoms with van der Waals surface area (Å²) in [4.78, 5) is 12.2. The average Bonchev–Trinajstić information content (AvgIpc) is 2.47. The molecule has 0 saturated heterocycles. The maximum atomic E-state index is 12.2. The lowest BCUT2D eigenvalue weighted by Gasteiger charge is -2.34. The molecule has 0 saturated carbocycles. The number of aliphatic hydroxyl groups is 1. The Morgan fingerprint density at radius 1 is 1.30 bits per heavy atom. The minimum Gasteiger partial charge on any atom is -0.444 e. The second kappa shape index (κ2) is 7.67. The van der Waals surface area contributed by atoms with Crippen molar-refractivity contribution in [2.24, 2.45) is 17.8 Å². The van der Waals surface area contributed by atoms with E-state index in [1.807, 2.05) is 41.5 Å². The molecule has 1 aliphatic carbocycles. The van der Waals surface area contributed by atoms with Crippen molar-refractivity contribution in [3.8, 4) is 0 Å². The Labute approximate surface area is 140 Å². The highest BCUT2D eigenvalue weighted by Crippen LogP contribution is 2.32. The van der Waals surface area contributed by atoms with Crippen LogP contribution in [-0.2, 0) is 9.47 Å². The zero-order chi connectivity index (χ0) is 17.9. The van der Waals surface area contributed by atoms with Gasteiger partial charge >= 0.3 is 6.09 Å². The van der Waals surface area contributed by atoms with E-state index in [0.717, 1.165) is 5.57 Å². The molecular weight excluding hydrogens is 294 g/mol. The minimum atomic E-state index is -0.750. The molecule has 0 aromatic carbocycles. The number of carbonyl (C=O) groups excluding carboxylic acids is 1. The fraction of sp³-hybridized carbons (Fsp3) is 0.833. The summed E-state index contributed by atoms with van der Waals surface area (Å²) in [5.74, 6) is 0.302. The van der Waals surface area contributed by atoms with Gasteiger partial charge in [0, 0.05) is 18.9 Å². The normalized spacial score (nSPS) is 32.3. The van der Waals surface area contributed by atoms with Gasteiger partial charge in [-0.1, -0.05) is 33.8 Å². The van der Waals surface area contributed by atoms with E-state index in [-0.39, 0.29) is 23.9 Å². The molecule has 134 valence electrons. The van der Waals surface area contributed by atoms with Gasteiger partial charge in [-0.2, -0.15) is 0 Å². The third-order valence-corrected chi connectivity index (χ3v) is 4.36. The molecule has 23 heavy (non-hydrogen) atoms. The molecule has 5 atom stereocenters. The number of amides is 1. The minimum absolute atomic E-state index is 0.0509. The summed E-state index contributed by atoms with van der Waals surface area (Å²) in [5, 5.41) is 13.7. The lowest BCUT2D eigenvalue weighted by Crippen LogP contribution is -2.52. The Balaban J connectivity index is 3.06. The average molecular weight is 327 g/mol. The number of hydrogen-bond donors (Lipinski definition) is 2. The van der Waals surface area contributed by atoms with Gasteiger partial charge in [-0.3, -0.25) is 0 Å². The molecule has 1 rings (SSSR count). The maximum absolute atomic E-state index is 12.2. The first-order valence-electron chi connectivity index (χ1n) is 8.40. The fourth-order valence-corrected chi connectivity index (χ4v) is 3.29. The van der Waals surface area contributed by atoms with Crippen LogP contribution in [0.1, 0.15) is 48.5 Å². The molecule has 0 heterocycles. The molecule has 0 fully saturated rings. The van der Waals surface area contributed by atoms with Gasteiger partial charge in [-0.05, 0) is 32.3 Å². The van der Waals surface area contributed by atoms with Gasteiger partial charge in [-0.25, -0.2) is 4.79 Å². The highest BCUT2D eigenvalue weighted by Gasteiger charge is 2.40. The van der Waals surface area contributed by atoms with Crippen LogP contribution in [0, 0.1) is 17.8 Å². The summed E-state index contributed by atoms with van der Waals surface area (Å²) in [6.07, 6.45) is 0.735. The summed E-state index contributed by atoms with van der Waals surface area (Å²) in [7, 11) is 1.67. The zero-order valence-electron chi connectivity index (χ0n) is 15.7. The molecule has 0 spiro atoms. The first-order chi connectivity index (χ1) is 10.5. The predicted molar refractivity (Wildman–Crippen MR) is 91.2 cm³/mol. The molecule has 2 unspecified atom stereocenters. The van der Waals surface area contributed by atoms with E-state index in [0.29, 0.717) is 0 Å². The van der Waals surface area contributed by atoms with Crippen molar-refractivity contribution in [3.05, 3.63) is 11.6 Å². The Bertz CT molecular complexity index is 439. The van der Waals surface area contributed by atoms with E-state index in [1.54, 1.807) is 7.11 Å². The van der Waals surface area contributed by atoms with Crippen LogP contribution < -0.4 is 5.32 Å². The standard InChI is InChI=1S/C18H33NO4/c1-10(2)13-9-11(3)16(22-8)12(4)14(15(13)20)19-17(21)23-18(5,6)7/h9-12,14-16,20H,1-8H3,(H,19,21)/t11?,12?,14-,15+,16+/m0/s1. The topological polar surface area (TPSA) is 67.8 Å². The Morgan fingerprint density at radius 3 is 2.30 bits per heavy atom. The van der Waals surface area contributed by atoms with Gasteiger partial charge in [0.1, 0.15) is 5.60 Å². The van der Waals surface area contributed by atoms with Gasteiger partial charge in [-0.15, -0.1) is 0 Å². The number of ether oxygens (including phenoxy) is 2. The quantitative estimate of drug-likeness (QED) is 0.782. The summed E-state index contributed by atoms with van der Waals surface area (Å²) >= 11 is 0. The first-order valence-corrected chi connectivity index (χ1v) is 8.40. The monoisotopic (exact) mass is 327 g/mol. The Hall–Kier alpha value is -1.07. The Morgan fingerprint density at radius 2 is 1.87 bits per heavy atom. The predicted octanol–water partition coefficient (Wildman–Crippen LogP) is 3.12. The van der Waals surface area contributed by atoms with E-state index in [4.69, 9.17) is 9.47 Å². The van der Waals surface area contributed by atoms with E-state index in [2.05, 4.69) is 18.3 Å². The summed E-state index contributed by atoms with van der Waals surface area (Å²) in [6, 6.07) is -0.451. The molecule has 0 aromatic rings. The van der Waals surface area contributed by atoms with Crippen LogP contribution in [0.3, 0.4) is 0 Å². The molecule has 0 aliphatic heterocycles. The Kier molecular flexibility index (Phi) is 6.66. The van der Waals surface area contributed by atoms with E-state index < -0.39 is 23.8 Å². The highest BCUT2D eigenvalue weighted by atomic mass is 16.6.